The van der Waals surface area contributed by atoms with Crippen LogP contribution in [0.15, 0.2) is 18.5 Å². The fraction of sp³-hybridized carbons (Fsp3) is 0.455. The largest absolute Gasteiger partial charge is 0.382 e. The van der Waals surface area contributed by atoms with Crippen molar-refractivity contribution in [3.05, 3.63) is 18.5 Å². The van der Waals surface area contributed by atoms with Gasteiger partial charge < -0.3 is 10.6 Å². The fourth-order valence-corrected chi connectivity index (χ4v) is 2.40. The number of aromatic nitrogens is 3. The van der Waals surface area contributed by atoms with E-state index in [2.05, 4.69) is 26.7 Å². The molecule has 1 unspecified atom stereocenters. The van der Waals surface area contributed by atoms with Crippen LogP contribution in [0.2, 0.25) is 0 Å². The summed E-state index contributed by atoms with van der Waals surface area (Å²) in [6.07, 6.45) is 4.71. The maximum atomic E-state index is 5.89. The molecule has 2 aromatic heterocycles. The van der Waals surface area contributed by atoms with Crippen LogP contribution in [0.25, 0.3) is 10.9 Å². The highest BCUT2D eigenvalue weighted by Crippen LogP contribution is 2.27. The van der Waals surface area contributed by atoms with Gasteiger partial charge in [0.15, 0.2) is 5.82 Å². The molecule has 0 saturated carbocycles. The highest BCUT2D eigenvalue weighted by Gasteiger charge is 2.23. The average Bonchev–Trinajstić information content (AvgIpc) is 2.84. The van der Waals surface area contributed by atoms with Gasteiger partial charge in [0, 0.05) is 18.9 Å². The lowest BCUT2D eigenvalue weighted by molar-refractivity contribution is 0.386. The van der Waals surface area contributed by atoms with Gasteiger partial charge in [-0.15, -0.1) is 0 Å². The molecule has 3 rings (SSSR count). The van der Waals surface area contributed by atoms with Crippen molar-refractivity contribution in [1.82, 2.24) is 19.7 Å². The van der Waals surface area contributed by atoms with Crippen LogP contribution in [0, 0.1) is 0 Å². The van der Waals surface area contributed by atoms with E-state index in [0.29, 0.717) is 11.9 Å². The smallest absolute Gasteiger partial charge is 0.154 e. The van der Waals surface area contributed by atoms with Crippen LogP contribution in [-0.4, -0.2) is 39.8 Å². The second kappa shape index (κ2) is 3.45. The van der Waals surface area contributed by atoms with Gasteiger partial charge in [-0.1, -0.05) is 0 Å². The van der Waals surface area contributed by atoms with E-state index in [1.165, 1.54) is 0 Å². The number of likely N-dealkylation sites (tertiary alicyclic amines) is 1. The standard InChI is InChI=1S/C11H15N5/c1-15-5-3-8(7-15)16-10-2-4-13-6-9(10)11(12)14-16/h2,4,6,8H,3,5,7H2,1H3,(H2,12,14). The predicted octanol–water partition coefficient (Wildman–Crippen LogP) is 0.890. The molecule has 5 heteroatoms. The van der Waals surface area contributed by atoms with Crippen molar-refractivity contribution in [1.29, 1.82) is 0 Å². The minimum Gasteiger partial charge on any atom is -0.382 e. The van der Waals surface area contributed by atoms with Gasteiger partial charge in [-0.25, -0.2) is 0 Å². The highest BCUT2D eigenvalue weighted by atomic mass is 15.3. The molecule has 0 radical (unpaired) electrons. The summed E-state index contributed by atoms with van der Waals surface area (Å²) in [6, 6.07) is 2.42. The van der Waals surface area contributed by atoms with Crippen molar-refractivity contribution in [3.63, 3.8) is 0 Å². The number of hydrogen-bond donors (Lipinski definition) is 1. The normalized spacial score (nSPS) is 21.9. The Kier molecular flexibility index (Phi) is 2.07. The van der Waals surface area contributed by atoms with E-state index >= 15 is 0 Å². The fourth-order valence-electron chi connectivity index (χ4n) is 2.40. The number of pyridine rings is 1. The monoisotopic (exact) mass is 217 g/mol. The molecule has 0 amide bonds. The molecule has 0 bridgehead atoms. The molecule has 1 aliphatic rings. The maximum absolute atomic E-state index is 5.89. The number of likely N-dealkylation sites (N-methyl/N-ethyl adjacent to an activating group) is 1. The molecule has 3 heterocycles. The first-order valence-corrected chi connectivity index (χ1v) is 5.52. The SMILES string of the molecule is CN1CCC(n2nc(N)c3cnccc32)C1. The molecule has 0 aliphatic carbocycles. The van der Waals surface area contributed by atoms with E-state index in [4.69, 9.17) is 5.73 Å². The van der Waals surface area contributed by atoms with Crippen molar-refractivity contribution in [2.24, 2.45) is 0 Å². The zero-order chi connectivity index (χ0) is 11.1. The van der Waals surface area contributed by atoms with Crippen molar-refractivity contribution in [3.8, 4) is 0 Å². The number of nitrogen functional groups attached to an aromatic ring is 1. The van der Waals surface area contributed by atoms with E-state index in [0.717, 1.165) is 30.4 Å². The number of anilines is 1. The summed E-state index contributed by atoms with van der Waals surface area (Å²) in [5.74, 6) is 0.581. The van der Waals surface area contributed by atoms with Crippen LogP contribution < -0.4 is 5.73 Å². The molecule has 0 aromatic carbocycles. The van der Waals surface area contributed by atoms with Gasteiger partial charge in [0.2, 0.25) is 0 Å². The zero-order valence-electron chi connectivity index (χ0n) is 9.30. The molecule has 84 valence electrons. The van der Waals surface area contributed by atoms with Crippen LogP contribution in [-0.2, 0) is 0 Å². The first-order chi connectivity index (χ1) is 7.75. The summed E-state index contributed by atoms with van der Waals surface area (Å²) in [7, 11) is 2.14. The maximum Gasteiger partial charge on any atom is 0.154 e. The minimum atomic E-state index is 0.437. The van der Waals surface area contributed by atoms with E-state index in [1.807, 2.05) is 6.07 Å². The molecule has 0 spiro atoms. The van der Waals surface area contributed by atoms with Crippen molar-refractivity contribution in [2.45, 2.75) is 12.5 Å². The van der Waals surface area contributed by atoms with Gasteiger partial charge in [0.25, 0.3) is 0 Å². The Morgan fingerprint density at radius 3 is 3.12 bits per heavy atom. The number of fused-ring (bicyclic) bond motifs is 1. The quantitative estimate of drug-likeness (QED) is 0.770. The second-order valence-corrected chi connectivity index (χ2v) is 4.43. The summed E-state index contributed by atoms with van der Waals surface area (Å²) < 4.78 is 2.05. The summed E-state index contributed by atoms with van der Waals surface area (Å²) in [6.45, 7) is 2.16. The van der Waals surface area contributed by atoms with Gasteiger partial charge in [-0.05, 0) is 26.1 Å². The summed E-state index contributed by atoms with van der Waals surface area (Å²) in [5.41, 5.74) is 6.98. The third-order valence-electron chi connectivity index (χ3n) is 3.25. The van der Waals surface area contributed by atoms with E-state index in [-0.39, 0.29) is 0 Å². The van der Waals surface area contributed by atoms with Crippen LogP contribution >= 0.6 is 0 Å². The average molecular weight is 217 g/mol. The molecule has 1 atom stereocenters. The van der Waals surface area contributed by atoms with E-state index in [9.17, 15) is 0 Å². The lowest BCUT2D eigenvalue weighted by atomic mass is 10.2. The van der Waals surface area contributed by atoms with Gasteiger partial charge in [-0.3, -0.25) is 9.67 Å². The van der Waals surface area contributed by atoms with Crippen LogP contribution in [0.4, 0.5) is 5.82 Å². The van der Waals surface area contributed by atoms with Gasteiger partial charge in [0.05, 0.1) is 16.9 Å². The highest BCUT2D eigenvalue weighted by molar-refractivity contribution is 5.88. The first-order valence-electron chi connectivity index (χ1n) is 5.52. The van der Waals surface area contributed by atoms with Gasteiger partial charge >= 0.3 is 0 Å². The summed E-state index contributed by atoms with van der Waals surface area (Å²) in [5, 5.41) is 5.39. The predicted molar refractivity (Wildman–Crippen MR) is 63.1 cm³/mol. The van der Waals surface area contributed by atoms with Crippen molar-refractivity contribution < 1.29 is 0 Å². The third-order valence-corrected chi connectivity index (χ3v) is 3.25. The minimum absolute atomic E-state index is 0.437. The molecule has 2 N–H and O–H groups in total. The lowest BCUT2D eigenvalue weighted by Crippen LogP contribution is -2.17. The number of nitrogens with two attached hydrogens (primary N) is 1. The molecular weight excluding hydrogens is 202 g/mol. The summed E-state index contributed by atoms with van der Waals surface area (Å²) in [4.78, 5) is 6.40. The Morgan fingerprint density at radius 2 is 2.38 bits per heavy atom. The number of nitrogens with zero attached hydrogens (tertiary/aromatic N) is 4. The Bertz CT molecular complexity index is 518. The first kappa shape index (κ1) is 9.59. The second-order valence-electron chi connectivity index (χ2n) is 4.43. The molecule has 1 saturated heterocycles. The third kappa shape index (κ3) is 1.36. The molecule has 1 aliphatic heterocycles. The Balaban J connectivity index is 2.10. The van der Waals surface area contributed by atoms with Crippen LogP contribution in [0.1, 0.15) is 12.5 Å². The molecular formula is C11H15N5. The van der Waals surface area contributed by atoms with E-state index in [1.54, 1.807) is 12.4 Å². The van der Waals surface area contributed by atoms with Gasteiger partial charge in [-0.2, -0.15) is 5.10 Å². The Hall–Kier alpha value is -1.62. The number of hydrogen-bond acceptors (Lipinski definition) is 4. The number of rotatable bonds is 1. The molecule has 5 nitrogen and oxygen atoms in total. The van der Waals surface area contributed by atoms with Crippen molar-refractivity contribution in [2.75, 3.05) is 25.9 Å². The molecule has 1 fully saturated rings. The Labute approximate surface area is 93.9 Å². The topological polar surface area (TPSA) is 60.0 Å². The van der Waals surface area contributed by atoms with Crippen LogP contribution in [0.5, 0.6) is 0 Å². The Morgan fingerprint density at radius 1 is 1.50 bits per heavy atom. The van der Waals surface area contributed by atoms with E-state index < -0.39 is 0 Å². The van der Waals surface area contributed by atoms with Crippen molar-refractivity contribution >= 4 is 16.7 Å². The molecule has 2 aromatic rings. The summed E-state index contributed by atoms with van der Waals surface area (Å²) >= 11 is 0. The van der Waals surface area contributed by atoms with Gasteiger partial charge in [0.1, 0.15) is 0 Å². The molecule has 16 heavy (non-hydrogen) atoms. The zero-order valence-corrected chi connectivity index (χ0v) is 9.30. The lowest BCUT2D eigenvalue weighted by Gasteiger charge is -2.11. The van der Waals surface area contributed by atoms with Crippen LogP contribution in [0.3, 0.4) is 0 Å².